The Morgan fingerprint density at radius 1 is 1.17 bits per heavy atom. The minimum Gasteiger partial charge on any atom is -0.357 e. The number of nitrogens with one attached hydrogen (secondary N) is 2. The molecule has 0 atom stereocenters. The van der Waals surface area contributed by atoms with Crippen LogP contribution in [0.3, 0.4) is 0 Å². The number of anilines is 2. The SMILES string of the molecule is Cc1ccc(NC(=O)CN(C)C(=O)CSc2nnc(NC3CCCCC3)s2)cc1. The van der Waals surface area contributed by atoms with Gasteiger partial charge in [0.05, 0.1) is 12.3 Å². The smallest absolute Gasteiger partial charge is 0.243 e. The molecule has 1 fully saturated rings. The number of amides is 2. The van der Waals surface area contributed by atoms with E-state index in [1.807, 2.05) is 31.2 Å². The first-order valence-electron chi connectivity index (χ1n) is 9.83. The van der Waals surface area contributed by atoms with Crippen molar-refractivity contribution in [2.45, 2.75) is 49.4 Å². The van der Waals surface area contributed by atoms with Crippen molar-refractivity contribution in [3.05, 3.63) is 29.8 Å². The van der Waals surface area contributed by atoms with Crippen LogP contribution in [0, 0.1) is 6.92 Å². The third-order valence-electron chi connectivity index (χ3n) is 4.80. The first-order chi connectivity index (χ1) is 14.0. The molecule has 1 aliphatic carbocycles. The van der Waals surface area contributed by atoms with E-state index in [-0.39, 0.29) is 24.1 Å². The van der Waals surface area contributed by atoms with Gasteiger partial charge < -0.3 is 15.5 Å². The zero-order valence-electron chi connectivity index (χ0n) is 16.8. The molecule has 3 rings (SSSR count). The van der Waals surface area contributed by atoms with Crippen LogP contribution in [0.25, 0.3) is 0 Å². The topological polar surface area (TPSA) is 87.2 Å². The maximum absolute atomic E-state index is 12.3. The molecule has 0 bridgehead atoms. The largest absolute Gasteiger partial charge is 0.357 e. The number of aryl methyl sites for hydroxylation is 1. The highest BCUT2D eigenvalue weighted by atomic mass is 32.2. The zero-order valence-corrected chi connectivity index (χ0v) is 18.4. The van der Waals surface area contributed by atoms with E-state index in [0.717, 1.165) is 20.7 Å². The van der Waals surface area contributed by atoms with E-state index in [1.54, 1.807) is 7.05 Å². The molecule has 156 valence electrons. The fourth-order valence-electron chi connectivity index (χ4n) is 3.12. The summed E-state index contributed by atoms with van der Waals surface area (Å²) in [6.45, 7) is 2.00. The van der Waals surface area contributed by atoms with Crippen LogP contribution in [0.4, 0.5) is 10.8 Å². The highest BCUT2D eigenvalue weighted by Crippen LogP contribution is 2.28. The maximum Gasteiger partial charge on any atom is 0.243 e. The van der Waals surface area contributed by atoms with Crippen LogP contribution in [0.2, 0.25) is 0 Å². The molecule has 0 saturated heterocycles. The van der Waals surface area contributed by atoms with Crippen LogP contribution in [-0.4, -0.2) is 52.3 Å². The lowest BCUT2D eigenvalue weighted by molar-refractivity contribution is -0.131. The number of benzene rings is 1. The Balaban J connectivity index is 1.40. The Morgan fingerprint density at radius 3 is 2.62 bits per heavy atom. The van der Waals surface area contributed by atoms with Crippen LogP contribution < -0.4 is 10.6 Å². The van der Waals surface area contributed by atoms with E-state index in [2.05, 4.69) is 20.8 Å². The maximum atomic E-state index is 12.3. The van der Waals surface area contributed by atoms with Crippen molar-refractivity contribution < 1.29 is 9.59 Å². The molecule has 0 aliphatic heterocycles. The molecule has 7 nitrogen and oxygen atoms in total. The van der Waals surface area contributed by atoms with E-state index in [1.165, 1.54) is 60.1 Å². The van der Waals surface area contributed by atoms with Crippen molar-refractivity contribution in [1.29, 1.82) is 0 Å². The molecule has 1 aromatic heterocycles. The lowest BCUT2D eigenvalue weighted by atomic mass is 9.96. The minimum absolute atomic E-state index is 0.0118. The quantitative estimate of drug-likeness (QED) is 0.616. The van der Waals surface area contributed by atoms with Crippen molar-refractivity contribution in [2.24, 2.45) is 0 Å². The van der Waals surface area contributed by atoms with Crippen LogP contribution in [-0.2, 0) is 9.59 Å². The molecule has 2 N–H and O–H groups in total. The van der Waals surface area contributed by atoms with Gasteiger partial charge in [-0.3, -0.25) is 9.59 Å². The van der Waals surface area contributed by atoms with Crippen molar-refractivity contribution in [3.63, 3.8) is 0 Å². The van der Waals surface area contributed by atoms with Gasteiger partial charge in [-0.1, -0.05) is 60.1 Å². The van der Waals surface area contributed by atoms with E-state index < -0.39 is 0 Å². The third-order valence-corrected chi connectivity index (χ3v) is 6.77. The van der Waals surface area contributed by atoms with Crippen LogP contribution >= 0.6 is 23.1 Å². The van der Waals surface area contributed by atoms with Gasteiger partial charge >= 0.3 is 0 Å². The Bertz CT molecular complexity index is 819. The molecular weight excluding hydrogens is 406 g/mol. The number of nitrogens with zero attached hydrogens (tertiary/aromatic N) is 3. The summed E-state index contributed by atoms with van der Waals surface area (Å²) in [6, 6.07) is 8.04. The van der Waals surface area contributed by atoms with E-state index in [4.69, 9.17) is 0 Å². The second kappa shape index (κ2) is 10.6. The highest BCUT2D eigenvalue weighted by molar-refractivity contribution is 8.01. The number of hydrogen-bond donors (Lipinski definition) is 2. The molecule has 1 heterocycles. The number of hydrogen-bond acceptors (Lipinski definition) is 7. The molecule has 0 unspecified atom stereocenters. The first kappa shape index (κ1) is 21.6. The number of carbonyl (C=O) groups excluding carboxylic acids is 2. The summed E-state index contributed by atoms with van der Waals surface area (Å²) in [5.74, 6) is -0.109. The molecule has 1 aromatic carbocycles. The van der Waals surface area contributed by atoms with E-state index >= 15 is 0 Å². The lowest BCUT2D eigenvalue weighted by Crippen LogP contribution is -2.35. The Hall–Kier alpha value is -2.13. The second-order valence-electron chi connectivity index (χ2n) is 7.31. The van der Waals surface area contributed by atoms with Gasteiger partial charge in [-0.2, -0.15) is 0 Å². The normalized spacial score (nSPS) is 14.4. The van der Waals surface area contributed by atoms with Gasteiger partial charge in [0.25, 0.3) is 0 Å². The number of likely N-dealkylation sites (N-methyl/N-ethyl adjacent to an activating group) is 1. The molecule has 29 heavy (non-hydrogen) atoms. The molecule has 0 radical (unpaired) electrons. The summed E-state index contributed by atoms with van der Waals surface area (Å²) in [7, 11) is 1.63. The molecule has 2 amide bonds. The summed E-state index contributed by atoms with van der Waals surface area (Å²) >= 11 is 2.83. The molecule has 1 aliphatic rings. The lowest BCUT2D eigenvalue weighted by Gasteiger charge is -2.21. The average molecular weight is 434 g/mol. The molecule has 1 saturated carbocycles. The van der Waals surface area contributed by atoms with E-state index in [9.17, 15) is 9.59 Å². The second-order valence-corrected chi connectivity index (χ2v) is 9.51. The van der Waals surface area contributed by atoms with Crippen molar-refractivity contribution in [1.82, 2.24) is 15.1 Å². The van der Waals surface area contributed by atoms with Gasteiger partial charge in [0, 0.05) is 18.8 Å². The van der Waals surface area contributed by atoms with Gasteiger partial charge in [0.2, 0.25) is 16.9 Å². The van der Waals surface area contributed by atoms with Crippen molar-refractivity contribution in [2.75, 3.05) is 30.0 Å². The van der Waals surface area contributed by atoms with Gasteiger partial charge in [-0.25, -0.2) is 0 Å². The highest BCUT2D eigenvalue weighted by Gasteiger charge is 2.17. The zero-order chi connectivity index (χ0) is 20.6. The fourth-order valence-corrected chi connectivity index (χ4v) is 4.89. The molecule has 2 aromatic rings. The standard InChI is InChI=1S/C20H27N5O2S2/c1-14-8-10-16(11-9-14)21-17(26)12-25(2)18(27)13-28-20-24-23-19(29-20)22-15-6-4-3-5-7-15/h8-11,15H,3-7,12-13H2,1-2H3,(H,21,26)(H,22,23). The fraction of sp³-hybridized carbons (Fsp3) is 0.500. The molecule has 0 spiro atoms. The Labute approximate surface area is 179 Å². The van der Waals surface area contributed by atoms with E-state index in [0.29, 0.717) is 6.04 Å². The van der Waals surface area contributed by atoms with Crippen molar-refractivity contribution in [3.8, 4) is 0 Å². The predicted molar refractivity (Wildman–Crippen MR) is 119 cm³/mol. The minimum atomic E-state index is -0.218. The van der Waals surface area contributed by atoms with Gasteiger partial charge in [-0.15, -0.1) is 10.2 Å². The van der Waals surface area contributed by atoms with Gasteiger partial charge in [0.1, 0.15) is 0 Å². The molecular formula is C20H27N5O2S2. The predicted octanol–water partition coefficient (Wildman–Crippen LogP) is 3.78. The van der Waals surface area contributed by atoms with Gasteiger partial charge in [0.15, 0.2) is 4.34 Å². The van der Waals surface area contributed by atoms with Gasteiger partial charge in [-0.05, 0) is 31.9 Å². The van der Waals surface area contributed by atoms with Crippen LogP contribution in [0.1, 0.15) is 37.7 Å². The van der Waals surface area contributed by atoms with Crippen molar-refractivity contribution >= 4 is 45.7 Å². The summed E-state index contributed by atoms with van der Waals surface area (Å²) in [4.78, 5) is 25.9. The Kier molecular flexibility index (Phi) is 7.88. The number of aromatic nitrogens is 2. The number of rotatable bonds is 8. The van der Waals surface area contributed by atoms with Crippen LogP contribution in [0.15, 0.2) is 28.6 Å². The summed E-state index contributed by atoms with van der Waals surface area (Å²) in [6.07, 6.45) is 6.19. The molecule has 9 heteroatoms. The third kappa shape index (κ3) is 7.01. The number of thioether (sulfide) groups is 1. The summed E-state index contributed by atoms with van der Waals surface area (Å²) in [5, 5.41) is 15.4. The summed E-state index contributed by atoms with van der Waals surface area (Å²) in [5.41, 5.74) is 1.85. The Morgan fingerprint density at radius 2 is 1.90 bits per heavy atom. The number of carbonyl (C=O) groups is 2. The summed E-state index contributed by atoms with van der Waals surface area (Å²) < 4.78 is 0.758. The van der Waals surface area contributed by atoms with Crippen LogP contribution in [0.5, 0.6) is 0 Å². The monoisotopic (exact) mass is 433 g/mol. The average Bonchev–Trinajstić information content (AvgIpc) is 3.16. The first-order valence-corrected chi connectivity index (χ1v) is 11.6.